The number of nitrogens with two attached hydrogens (primary N) is 1. The summed E-state index contributed by atoms with van der Waals surface area (Å²) in [7, 11) is 0. The molecule has 92 valence electrons. The van der Waals surface area contributed by atoms with Crippen LogP contribution in [0.25, 0.3) is 0 Å². The molecule has 0 amide bonds. The van der Waals surface area contributed by atoms with Crippen molar-refractivity contribution >= 4 is 11.8 Å². The highest BCUT2D eigenvalue weighted by molar-refractivity contribution is 7.98. The lowest BCUT2D eigenvalue weighted by Gasteiger charge is -2.12. The summed E-state index contributed by atoms with van der Waals surface area (Å²) >= 11 is 1.66. The summed E-state index contributed by atoms with van der Waals surface area (Å²) in [5, 5.41) is 9.49. The van der Waals surface area contributed by atoms with Crippen LogP contribution in [0.15, 0.2) is 5.16 Å². The van der Waals surface area contributed by atoms with Gasteiger partial charge in [-0.3, -0.25) is 0 Å². The molecule has 4 nitrogen and oxygen atoms in total. The zero-order valence-electron chi connectivity index (χ0n) is 10.4. The molecule has 0 atom stereocenters. The maximum atomic E-state index is 5.48. The molecule has 0 radical (unpaired) electrons. The molecule has 1 aromatic rings. The minimum Gasteiger partial charge on any atom is -0.330 e. The molecule has 2 N–H and O–H groups in total. The number of aromatic nitrogens is 3. The van der Waals surface area contributed by atoms with E-state index in [-0.39, 0.29) is 0 Å². The fourth-order valence-electron chi connectivity index (χ4n) is 1.74. The van der Waals surface area contributed by atoms with E-state index in [4.69, 9.17) is 5.73 Å². The number of rotatable bonds is 7. The summed E-state index contributed by atoms with van der Waals surface area (Å²) < 4.78 is 2.23. The van der Waals surface area contributed by atoms with Crippen molar-refractivity contribution in [3.63, 3.8) is 0 Å². The predicted molar refractivity (Wildman–Crippen MR) is 68.8 cm³/mol. The van der Waals surface area contributed by atoms with Gasteiger partial charge in [0.15, 0.2) is 5.16 Å². The van der Waals surface area contributed by atoms with Gasteiger partial charge in [-0.2, -0.15) is 0 Å². The summed E-state index contributed by atoms with van der Waals surface area (Å²) in [4.78, 5) is 0. The zero-order valence-corrected chi connectivity index (χ0v) is 11.3. The van der Waals surface area contributed by atoms with E-state index in [9.17, 15) is 0 Å². The Morgan fingerprint density at radius 3 is 2.56 bits per heavy atom. The quantitative estimate of drug-likeness (QED) is 0.588. The molecule has 0 aromatic carbocycles. The van der Waals surface area contributed by atoms with E-state index in [0.29, 0.717) is 6.04 Å². The van der Waals surface area contributed by atoms with Crippen LogP contribution in [0.2, 0.25) is 0 Å². The number of nitrogens with zero attached hydrogens (tertiary/aromatic N) is 3. The van der Waals surface area contributed by atoms with Crippen molar-refractivity contribution in [3.05, 3.63) is 5.82 Å². The summed E-state index contributed by atoms with van der Waals surface area (Å²) in [6, 6.07) is 0.432. The van der Waals surface area contributed by atoms with Crippen molar-refractivity contribution in [3.8, 4) is 0 Å². The third kappa shape index (κ3) is 3.49. The second kappa shape index (κ2) is 6.91. The molecule has 0 bridgehead atoms. The van der Waals surface area contributed by atoms with Crippen LogP contribution in [0, 0.1) is 0 Å². The number of unbranched alkanes of at least 4 members (excludes halogenated alkanes) is 2. The minimum absolute atomic E-state index is 0.432. The Morgan fingerprint density at radius 1 is 1.25 bits per heavy atom. The first-order chi connectivity index (χ1) is 7.70. The molecule has 0 fully saturated rings. The zero-order chi connectivity index (χ0) is 12.0. The maximum Gasteiger partial charge on any atom is 0.191 e. The number of aryl methyl sites for hydroxylation is 1. The van der Waals surface area contributed by atoms with Crippen LogP contribution in [-0.4, -0.2) is 27.6 Å². The number of hydrogen-bond donors (Lipinski definition) is 1. The van der Waals surface area contributed by atoms with Gasteiger partial charge in [0, 0.05) is 12.5 Å². The lowest BCUT2D eigenvalue weighted by atomic mass is 10.2. The molecule has 0 aliphatic carbocycles. The first kappa shape index (κ1) is 13.5. The molecule has 1 rings (SSSR count). The number of thioether (sulfide) groups is 1. The number of hydrogen-bond acceptors (Lipinski definition) is 4. The highest BCUT2D eigenvalue weighted by Gasteiger charge is 2.13. The van der Waals surface area contributed by atoms with Gasteiger partial charge in [0.1, 0.15) is 5.82 Å². The molecule has 1 heterocycles. The van der Waals surface area contributed by atoms with Gasteiger partial charge in [0.25, 0.3) is 0 Å². The van der Waals surface area contributed by atoms with E-state index in [2.05, 4.69) is 28.6 Å². The average Bonchev–Trinajstić information content (AvgIpc) is 2.67. The highest BCUT2D eigenvalue weighted by atomic mass is 32.2. The molecule has 0 aliphatic rings. The third-order valence-corrected chi connectivity index (χ3v) is 3.18. The van der Waals surface area contributed by atoms with Crippen molar-refractivity contribution in [1.82, 2.24) is 14.8 Å². The Bertz CT molecular complexity index is 309. The van der Waals surface area contributed by atoms with E-state index < -0.39 is 0 Å². The molecular formula is C11H22N4S. The van der Waals surface area contributed by atoms with Crippen LogP contribution < -0.4 is 5.73 Å². The van der Waals surface area contributed by atoms with Gasteiger partial charge in [0.05, 0.1) is 0 Å². The molecule has 5 heteroatoms. The Morgan fingerprint density at radius 2 is 2.00 bits per heavy atom. The molecule has 0 saturated heterocycles. The fourth-order valence-corrected chi connectivity index (χ4v) is 2.38. The largest absolute Gasteiger partial charge is 0.330 e. The summed E-state index contributed by atoms with van der Waals surface area (Å²) in [5.41, 5.74) is 5.48. The topological polar surface area (TPSA) is 56.7 Å². The summed E-state index contributed by atoms with van der Waals surface area (Å²) in [6.45, 7) is 5.13. The SMILES string of the molecule is CSc1nnc(CCCCCN)n1C(C)C. The molecule has 16 heavy (non-hydrogen) atoms. The van der Waals surface area contributed by atoms with E-state index in [1.165, 1.54) is 6.42 Å². The van der Waals surface area contributed by atoms with Crippen LogP contribution >= 0.6 is 11.8 Å². The normalized spacial score (nSPS) is 11.3. The van der Waals surface area contributed by atoms with E-state index in [0.717, 1.165) is 36.8 Å². The molecular weight excluding hydrogens is 220 g/mol. The molecule has 0 saturated carbocycles. The lowest BCUT2D eigenvalue weighted by Crippen LogP contribution is -2.08. The van der Waals surface area contributed by atoms with Gasteiger partial charge < -0.3 is 10.3 Å². The monoisotopic (exact) mass is 242 g/mol. The van der Waals surface area contributed by atoms with Gasteiger partial charge in [-0.25, -0.2) is 0 Å². The van der Waals surface area contributed by atoms with E-state index >= 15 is 0 Å². The Hall–Kier alpha value is -0.550. The molecule has 0 unspecified atom stereocenters. The van der Waals surface area contributed by atoms with Gasteiger partial charge in [-0.15, -0.1) is 10.2 Å². The summed E-state index contributed by atoms with van der Waals surface area (Å²) in [5.74, 6) is 1.11. The first-order valence-corrected chi connectivity index (χ1v) is 7.11. The van der Waals surface area contributed by atoms with Crippen molar-refractivity contribution in [2.75, 3.05) is 12.8 Å². The average molecular weight is 242 g/mol. The van der Waals surface area contributed by atoms with Gasteiger partial charge in [-0.05, 0) is 39.5 Å². The second-order valence-corrected chi connectivity index (χ2v) is 4.94. The van der Waals surface area contributed by atoms with Gasteiger partial charge in [0.2, 0.25) is 0 Å². The van der Waals surface area contributed by atoms with Crippen LogP contribution in [0.4, 0.5) is 0 Å². The fraction of sp³-hybridized carbons (Fsp3) is 0.818. The van der Waals surface area contributed by atoms with Crippen LogP contribution in [0.1, 0.15) is 45.0 Å². The minimum atomic E-state index is 0.432. The van der Waals surface area contributed by atoms with Crippen molar-refractivity contribution in [2.45, 2.75) is 50.7 Å². The highest BCUT2D eigenvalue weighted by Crippen LogP contribution is 2.20. The lowest BCUT2D eigenvalue weighted by molar-refractivity contribution is 0.516. The Kier molecular flexibility index (Phi) is 5.84. The Labute approximate surface area is 102 Å². The van der Waals surface area contributed by atoms with E-state index in [1.54, 1.807) is 11.8 Å². The van der Waals surface area contributed by atoms with Crippen molar-refractivity contribution in [1.29, 1.82) is 0 Å². The maximum absolute atomic E-state index is 5.48. The summed E-state index contributed by atoms with van der Waals surface area (Å²) in [6.07, 6.45) is 6.48. The van der Waals surface area contributed by atoms with Crippen molar-refractivity contribution < 1.29 is 0 Å². The predicted octanol–water partition coefficient (Wildman–Crippen LogP) is 2.25. The standard InChI is InChI=1S/C11H22N4S/c1-9(2)15-10(7-5-4-6-8-12)13-14-11(15)16-3/h9H,4-8,12H2,1-3H3. The van der Waals surface area contributed by atoms with Crippen LogP contribution in [0.3, 0.4) is 0 Å². The molecule has 0 aliphatic heterocycles. The van der Waals surface area contributed by atoms with Gasteiger partial charge in [-0.1, -0.05) is 18.2 Å². The van der Waals surface area contributed by atoms with Crippen LogP contribution in [0.5, 0.6) is 0 Å². The Balaban J connectivity index is 2.61. The van der Waals surface area contributed by atoms with Crippen LogP contribution in [-0.2, 0) is 6.42 Å². The third-order valence-electron chi connectivity index (χ3n) is 2.54. The van der Waals surface area contributed by atoms with E-state index in [1.807, 2.05) is 6.26 Å². The van der Waals surface area contributed by atoms with Gasteiger partial charge >= 0.3 is 0 Å². The molecule has 0 spiro atoms. The smallest absolute Gasteiger partial charge is 0.191 e. The first-order valence-electron chi connectivity index (χ1n) is 5.88. The molecule has 1 aromatic heterocycles. The second-order valence-electron chi connectivity index (χ2n) is 4.17. The van der Waals surface area contributed by atoms with Crippen molar-refractivity contribution in [2.24, 2.45) is 5.73 Å².